The second kappa shape index (κ2) is 5.01. The summed E-state index contributed by atoms with van der Waals surface area (Å²) in [5.74, 6) is 0.475. The van der Waals surface area contributed by atoms with Crippen molar-refractivity contribution in [1.82, 2.24) is 19.9 Å². The Morgan fingerprint density at radius 1 is 1.29 bits per heavy atom. The molecule has 0 bridgehead atoms. The van der Waals surface area contributed by atoms with Crippen molar-refractivity contribution in [1.29, 1.82) is 0 Å². The third-order valence-electron chi connectivity index (χ3n) is 3.55. The quantitative estimate of drug-likeness (QED) is 0.771. The van der Waals surface area contributed by atoms with Crippen LogP contribution >= 0.6 is 0 Å². The summed E-state index contributed by atoms with van der Waals surface area (Å²) >= 11 is 0. The van der Waals surface area contributed by atoms with E-state index in [0.29, 0.717) is 22.5 Å². The molecule has 3 N–H and O–H groups in total. The Balaban J connectivity index is 2.06. The number of H-pyrrole nitrogens is 1. The minimum Gasteiger partial charge on any atom is -0.368 e. The van der Waals surface area contributed by atoms with Gasteiger partial charge in [0.05, 0.1) is 12.4 Å². The van der Waals surface area contributed by atoms with E-state index in [2.05, 4.69) is 19.9 Å². The number of hydrogen-bond donors (Lipinski definition) is 2. The first kappa shape index (κ1) is 13.3. The van der Waals surface area contributed by atoms with Crippen molar-refractivity contribution in [3.05, 3.63) is 42.0 Å². The lowest BCUT2D eigenvalue weighted by Crippen LogP contribution is -2.24. The molecular weight excluding hydrogens is 271 g/mol. The van der Waals surface area contributed by atoms with E-state index in [9.17, 15) is 4.39 Å². The summed E-state index contributed by atoms with van der Waals surface area (Å²) in [6, 6.07) is 6.46. The molecule has 108 valence electrons. The van der Waals surface area contributed by atoms with Gasteiger partial charge in [-0.3, -0.25) is 0 Å². The fraction of sp³-hybridized carbons (Fsp3) is 0.214. The lowest BCUT2D eigenvalue weighted by Gasteiger charge is -2.26. The largest absolute Gasteiger partial charge is 0.368 e. The molecule has 21 heavy (non-hydrogen) atoms. The van der Waals surface area contributed by atoms with Crippen LogP contribution in [0.3, 0.4) is 0 Å². The van der Waals surface area contributed by atoms with Crippen LogP contribution < -0.4 is 10.6 Å². The van der Waals surface area contributed by atoms with Crippen LogP contribution in [0, 0.1) is 5.82 Å². The highest BCUT2D eigenvalue weighted by atomic mass is 19.1. The summed E-state index contributed by atoms with van der Waals surface area (Å²) in [5, 5.41) is 0. The predicted octanol–water partition coefficient (Wildman–Crippen LogP) is 2.27. The topological polar surface area (TPSA) is 83.7 Å². The van der Waals surface area contributed by atoms with Gasteiger partial charge in [-0.2, -0.15) is 9.97 Å². The fourth-order valence-electron chi connectivity index (χ4n) is 2.30. The van der Waals surface area contributed by atoms with Crippen molar-refractivity contribution in [3.8, 4) is 0 Å². The van der Waals surface area contributed by atoms with Crippen molar-refractivity contribution in [2.75, 3.05) is 17.7 Å². The number of rotatable bonds is 3. The lowest BCUT2D eigenvalue weighted by molar-refractivity contribution is 0.584. The zero-order valence-electron chi connectivity index (χ0n) is 11.7. The zero-order chi connectivity index (χ0) is 15.0. The van der Waals surface area contributed by atoms with Crippen LogP contribution in [-0.4, -0.2) is 27.0 Å². The Bertz CT molecular complexity index is 784. The molecule has 0 aliphatic rings. The molecular formula is C14H15FN6. The number of halogens is 1. The molecule has 2 aromatic heterocycles. The molecule has 0 aliphatic heterocycles. The van der Waals surface area contributed by atoms with Crippen molar-refractivity contribution in [2.24, 2.45) is 0 Å². The second-order valence-electron chi connectivity index (χ2n) is 4.81. The number of aromatic amines is 1. The third kappa shape index (κ3) is 2.26. The molecule has 0 saturated carbocycles. The molecule has 0 amide bonds. The number of hydrogen-bond acceptors (Lipinski definition) is 5. The van der Waals surface area contributed by atoms with E-state index in [1.807, 2.05) is 24.9 Å². The highest BCUT2D eigenvalue weighted by Crippen LogP contribution is 2.29. The van der Waals surface area contributed by atoms with Crippen LogP contribution in [0.4, 0.5) is 16.2 Å². The van der Waals surface area contributed by atoms with Gasteiger partial charge in [0.15, 0.2) is 11.5 Å². The van der Waals surface area contributed by atoms with Gasteiger partial charge in [0.1, 0.15) is 11.3 Å². The average Bonchev–Trinajstić information content (AvgIpc) is 2.93. The molecule has 0 aliphatic carbocycles. The molecule has 1 aromatic carbocycles. The summed E-state index contributed by atoms with van der Waals surface area (Å²) in [6.07, 6.45) is 1.53. The summed E-state index contributed by atoms with van der Waals surface area (Å²) in [4.78, 5) is 17.2. The Morgan fingerprint density at radius 3 is 2.81 bits per heavy atom. The summed E-state index contributed by atoms with van der Waals surface area (Å²) in [7, 11) is 1.83. The average molecular weight is 286 g/mol. The van der Waals surface area contributed by atoms with Gasteiger partial charge in [-0.25, -0.2) is 9.37 Å². The van der Waals surface area contributed by atoms with Gasteiger partial charge in [-0.15, -0.1) is 0 Å². The van der Waals surface area contributed by atoms with Crippen LogP contribution in [0.1, 0.15) is 18.5 Å². The van der Waals surface area contributed by atoms with Crippen molar-refractivity contribution >= 4 is 22.9 Å². The Labute approximate surface area is 120 Å². The number of anilines is 2. The maximum absolute atomic E-state index is 13.9. The maximum Gasteiger partial charge on any atom is 0.224 e. The fourth-order valence-corrected chi connectivity index (χ4v) is 2.30. The SMILES string of the molecule is CC(c1ccccc1F)N(C)c1nc(N)nc2nc[nH]c12. The number of fused-ring (bicyclic) bond motifs is 1. The molecule has 1 atom stereocenters. The number of nitrogens with two attached hydrogens (primary N) is 1. The Kier molecular flexibility index (Phi) is 3.17. The van der Waals surface area contributed by atoms with Gasteiger partial charge in [0, 0.05) is 12.6 Å². The first-order valence-electron chi connectivity index (χ1n) is 6.51. The summed E-state index contributed by atoms with van der Waals surface area (Å²) in [5.41, 5.74) is 7.47. The van der Waals surface area contributed by atoms with E-state index in [-0.39, 0.29) is 17.8 Å². The third-order valence-corrected chi connectivity index (χ3v) is 3.55. The molecule has 3 aromatic rings. The molecule has 0 fully saturated rings. The first-order chi connectivity index (χ1) is 10.1. The lowest BCUT2D eigenvalue weighted by atomic mass is 10.1. The number of nitrogen functional groups attached to an aromatic ring is 1. The van der Waals surface area contributed by atoms with E-state index in [1.165, 1.54) is 12.4 Å². The van der Waals surface area contributed by atoms with Crippen LogP contribution in [0.2, 0.25) is 0 Å². The van der Waals surface area contributed by atoms with Gasteiger partial charge in [0.2, 0.25) is 5.95 Å². The predicted molar refractivity (Wildman–Crippen MR) is 79.3 cm³/mol. The van der Waals surface area contributed by atoms with Gasteiger partial charge in [-0.05, 0) is 13.0 Å². The van der Waals surface area contributed by atoms with Crippen LogP contribution in [0.15, 0.2) is 30.6 Å². The van der Waals surface area contributed by atoms with Gasteiger partial charge in [-0.1, -0.05) is 18.2 Å². The smallest absolute Gasteiger partial charge is 0.224 e. The molecule has 7 heteroatoms. The molecule has 6 nitrogen and oxygen atoms in total. The monoisotopic (exact) mass is 286 g/mol. The van der Waals surface area contributed by atoms with Crippen molar-refractivity contribution < 1.29 is 4.39 Å². The number of imidazole rings is 1. The van der Waals surface area contributed by atoms with Gasteiger partial charge in [0.25, 0.3) is 0 Å². The van der Waals surface area contributed by atoms with Crippen molar-refractivity contribution in [3.63, 3.8) is 0 Å². The highest BCUT2D eigenvalue weighted by molar-refractivity contribution is 5.84. The summed E-state index contributed by atoms with van der Waals surface area (Å²) in [6.45, 7) is 1.90. The van der Waals surface area contributed by atoms with Crippen molar-refractivity contribution in [2.45, 2.75) is 13.0 Å². The number of nitrogens with one attached hydrogen (secondary N) is 1. The molecule has 0 saturated heterocycles. The first-order valence-corrected chi connectivity index (χ1v) is 6.51. The minimum atomic E-state index is -0.250. The second-order valence-corrected chi connectivity index (χ2v) is 4.81. The number of benzene rings is 1. The molecule has 0 radical (unpaired) electrons. The molecule has 0 spiro atoms. The molecule has 1 unspecified atom stereocenters. The van der Waals surface area contributed by atoms with Crippen LogP contribution in [-0.2, 0) is 0 Å². The number of aromatic nitrogens is 4. The van der Waals surface area contributed by atoms with Crippen LogP contribution in [0.5, 0.6) is 0 Å². The van der Waals surface area contributed by atoms with E-state index in [1.54, 1.807) is 12.1 Å². The Morgan fingerprint density at radius 2 is 2.05 bits per heavy atom. The zero-order valence-corrected chi connectivity index (χ0v) is 11.7. The summed E-state index contributed by atoms with van der Waals surface area (Å²) < 4.78 is 13.9. The van der Waals surface area contributed by atoms with E-state index >= 15 is 0 Å². The highest BCUT2D eigenvalue weighted by Gasteiger charge is 2.20. The maximum atomic E-state index is 13.9. The van der Waals surface area contributed by atoms with Gasteiger partial charge >= 0.3 is 0 Å². The normalized spacial score (nSPS) is 12.5. The molecule has 2 heterocycles. The molecule has 3 rings (SSSR count). The van der Waals surface area contributed by atoms with E-state index < -0.39 is 0 Å². The minimum absolute atomic E-state index is 0.136. The number of nitrogens with zero attached hydrogens (tertiary/aromatic N) is 4. The Hall–Kier alpha value is -2.70. The van der Waals surface area contributed by atoms with Gasteiger partial charge < -0.3 is 15.6 Å². The van der Waals surface area contributed by atoms with E-state index in [4.69, 9.17) is 5.73 Å². The standard InChI is InChI=1S/C14H15FN6/c1-8(9-5-3-4-6-10(9)15)21(2)13-11-12(18-7-17-11)19-14(16)20-13/h3-8H,1-2H3,(H3,16,17,18,19,20). The van der Waals surface area contributed by atoms with Crippen LogP contribution in [0.25, 0.3) is 11.2 Å². The van der Waals surface area contributed by atoms with E-state index in [0.717, 1.165) is 0 Å².